The Labute approximate surface area is 106 Å². The summed E-state index contributed by atoms with van der Waals surface area (Å²) in [6.07, 6.45) is 10.1. The molecule has 1 aromatic carbocycles. The van der Waals surface area contributed by atoms with Gasteiger partial charge in [0, 0.05) is 18.0 Å². The first-order valence-corrected chi connectivity index (χ1v) is 5.64. The van der Waals surface area contributed by atoms with E-state index in [1.165, 1.54) is 4.90 Å². The molecule has 1 aliphatic rings. The highest BCUT2D eigenvalue weighted by Crippen LogP contribution is 2.08. The number of Topliss-reactive ketones (excluding diaryl/α,β-unsaturated/α-hetero) is 1. The van der Waals surface area contributed by atoms with Gasteiger partial charge in [0.2, 0.25) is 0 Å². The first-order valence-electron chi connectivity index (χ1n) is 5.64. The third-order valence-corrected chi connectivity index (χ3v) is 2.57. The summed E-state index contributed by atoms with van der Waals surface area (Å²) in [5.74, 6) is -1.07. The van der Waals surface area contributed by atoms with Crippen molar-refractivity contribution in [3.05, 3.63) is 72.1 Å². The molecule has 1 amide bonds. The van der Waals surface area contributed by atoms with Gasteiger partial charge in [0.25, 0.3) is 5.78 Å². The van der Waals surface area contributed by atoms with Crippen molar-refractivity contribution < 1.29 is 9.59 Å². The molecule has 0 aromatic heterocycles. The van der Waals surface area contributed by atoms with Gasteiger partial charge in [-0.3, -0.25) is 14.5 Å². The lowest BCUT2D eigenvalue weighted by Crippen LogP contribution is -2.28. The van der Waals surface area contributed by atoms with Gasteiger partial charge in [-0.2, -0.15) is 0 Å². The van der Waals surface area contributed by atoms with E-state index in [-0.39, 0.29) is 0 Å². The highest BCUT2D eigenvalue weighted by molar-refractivity contribution is 6.43. The number of benzene rings is 1. The van der Waals surface area contributed by atoms with Crippen molar-refractivity contribution in [1.29, 1.82) is 0 Å². The molecule has 1 aromatic rings. The molecule has 1 heterocycles. The molecular weight excluding hydrogens is 226 g/mol. The van der Waals surface area contributed by atoms with Crippen molar-refractivity contribution >= 4 is 11.7 Å². The van der Waals surface area contributed by atoms with Gasteiger partial charge in [0.1, 0.15) is 0 Å². The predicted molar refractivity (Wildman–Crippen MR) is 69.8 cm³/mol. The molecule has 0 saturated carbocycles. The Hall–Kier alpha value is -2.42. The molecule has 90 valence electrons. The number of amides is 1. The molecular formula is C15H13NO2. The molecule has 0 bridgehead atoms. The van der Waals surface area contributed by atoms with Crippen molar-refractivity contribution in [3.8, 4) is 0 Å². The van der Waals surface area contributed by atoms with E-state index in [0.29, 0.717) is 5.56 Å². The summed E-state index contributed by atoms with van der Waals surface area (Å²) in [5.41, 5.74) is 1.46. The quantitative estimate of drug-likeness (QED) is 0.587. The van der Waals surface area contributed by atoms with E-state index in [4.69, 9.17) is 0 Å². The number of hydrogen-bond acceptors (Lipinski definition) is 2. The average Bonchev–Trinajstić information content (AvgIpc) is 2.67. The molecule has 0 unspecified atom stereocenters. The first-order chi connectivity index (χ1) is 8.68. The molecule has 0 aliphatic carbocycles. The fraction of sp³-hybridized carbons (Fsp3) is 0.0667. The lowest BCUT2D eigenvalue weighted by atomic mass is 10.1. The Kier molecular flexibility index (Phi) is 3.53. The molecule has 3 nitrogen and oxygen atoms in total. The Bertz CT molecular complexity index is 534. The summed E-state index contributed by atoms with van der Waals surface area (Å²) in [5, 5.41) is 0. The molecule has 3 heteroatoms. The third-order valence-electron chi connectivity index (χ3n) is 2.57. The molecule has 0 spiro atoms. The summed E-state index contributed by atoms with van der Waals surface area (Å²) < 4.78 is 0. The van der Waals surface area contributed by atoms with E-state index in [9.17, 15) is 9.59 Å². The van der Waals surface area contributed by atoms with Gasteiger partial charge in [0.05, 0.1) is 0 Å². The number of carbonyl (C=O) groups excluding carboxylic acids is 2. The minimum atomic E-state index is -0.560. The van der Waals surface area contributed by atoms with Crippen LogP contribution in [0.3, 0.4) is 0 Å². The lowest BCUT2D eigenvalue weighted by Gasteiger charge is -2.11. The second kappa shape index (κ2) is 5.27. The summed E-state index contributed by atoms with van der Waals surface area (Å²) in [6, 6.07) is 6.96. The molecule has 0 N–H and O–H groups in total. The standard InChI is InChI=1S/C15H13NO2/c1-12-6-8-13(9-7-12)14(17)15(18)16-10-4-2-3-5-11-16/h2-11H,1H3. The van der Waals surface area contributed by atoms with Gasteiger partial charge in [-0.1, -0.05) is 42.0 Å². The highest BCUT2D eigenvalue weighted by atomic mass is 16.2. The SMILES string of the molecule is Cc1ccc(C(=O)C(=O)N2C=CC=CC=C2)cc1. The molecule has 0 fully saturated rings. The Balaban J connectivity index is 2.18. The number of nitrogens with zero attached hydrogens (tertiary/aromatic N) is 1. The van der Waals surface area contributed by atoms with Gasteiger partial charge in [-0.25, -0.2) is 0 Å². The summed E-state index contributed by atoms with van der Waals surface area (Å²) >= 11 is 0. The van der Waals surface area contributed by atoms with Crippen LogP contribution in [0.5, 0.6) is 0 Å². The number of ketones is 1. The summed E-state index contributed by atoms with van der Waals surface area (Å²) in [4.78, 5) is 25.3. The minimum Gasteiger partial charge on any atom is -0.288 e. The largest absolute Gasteiger partial charge is 0.302 e. The Morgan fingerprint density at radius 2 is 1.44 bits per heavy atom. The Morgan fingerprint density at radius 3 is 2.00 bits per heavy atom. The van der Waals surface area contributed by atoms with Gasteiger partial charge in [0.15, 0.2) is 0 Å². The van der Waals surface area contributed by atoms with E-state index in [0.717, 1.165) is 5.56 Å². The van der Waals surface area contributed by atoms with E-state index >= 15 is 0 Å². The van der Waals surface area contributed by atoms with Crippen LogP contribution in [0.15, 0.2) is 61.0 Å². The molecule has 2 rings (SSSR count). The zero-order valence-electron chi connectivity index (χ0n) is 10.0. The fourth-order valence-corrected chi connectivity index (χ4v) is 1.54. The van der Waals surface area contributed by atoms with Crippen LogP contribution in [0.2, 0.25) is 0 Å². The number of allylic oxidation sites excluding steroid dienone is 4. The van der Waals surface area contributed by atoms with Crippen LogP contribution in [0.4, 0.5) is 0 Å². The van der Waals surface area contributed by atoms with Crippen LogP contribution in [-0.4, -0.2) is 16.6 Å². The van der Waals surface area contributed by atoms with Crippen LogP contribution >= 0.6 is 0 Å². The van der Waals surface area contributed by atoms with Crippen molar-refractivity contribution in [2.75, 3.05) is 0 Å². The molecule has 0 radical (unpaired) electrons. The van der Waals surface area contributed by atoms with Crippen LogP contribution in [-0.2, 0) is 4.79 Å². The van der Waals surface area contributed by atoms with Crippen LogP contribution < -0.4 is 0 Å². The van der Waals surface area contributed by atoms with Gasteiger partial charge in [-0.15, -0.1) is 0 Å². The fourth-order valence-electron chi connectivity index (χ4n) is 1.54. The second-order valence-electron chi connectivity index (χ2n) is 3.98. The van der Waals surface area contributed by atoms with Gasteiger partial charge >= 0.3 is 5.91 Å². The average molecular weight is 239 g/mol. The van der Waals surface area contributed by atoms with Crippen LogP contribution in [0.25, 0.3) is 0 Å². The molecule has 18 heavy (non-hydrogen) atoms. The third kappa shape index (κ3) is 2.63. The van der Waals surface area contributed by atoms with E-state index in [1.54, 1.807) is 48.8 Å². The first kappa shape index (κ1) is 12.0. The van der Waals surface area contributed by atoms with Crippen molar-refractivity contribution in [1.82, 2.24) is 4.90 Å². The summed E-state index contributed by atoms with van der Waals surface area (Å²) in [6.45, 7) is 1.93. The lowest BCUT2D eigenvalue weighted by molar-refractivity contribution is -0.122. The van der Waals surface area contributed by atoms with Crippen LogP contribution in [0, 0.1) is 6.92 Å². The molecule has 0 atom stereocenters. The zero-order chi connectivity index (χ0) is 13.0. The zero-order valence-corrected chi connectivity index (χ0v) is 10.0. The number of rotatable bonds is 2. The summed E-state index contributed by atoms with van der Waals surface area (Å²) in [7, 11) is 0. The second-order valence-corrected chi connectivity index (χ2v) is 3.98. The van der Waals surface area contributed by atoms with E-state index in [1.807, 2.05) is 19.1 Å². The molecule has 1 aliphatic heterocycles. The highest BCUT2D eigenvalue weighted by Gasteiger charge is 2.20. The van der Waals surface area contributed by atoms with E-state index < -0.39 is 11.7 Å². The molecule has 0 saturated heterocycles. The van der Waals surface area contributed by atoms with E-state index in [2.05, 4.69) is 0 Å². The number of hydrogen-bond donors (Lipinski definition) is 0. The topological polar surface area (TPSA) is 37.4 Å². The van der Waals surface area contributed by atoms with Gasteiger partial charge < -0.3 is 0 Å². The number of carbonyl (C=O) groups is 2. The Morgan fingerprint density at radius 1 is 0.889 bits per heavy atom. The normalized spacial score (nSPS) is 13.5. The minimum absolute atomic E-state index is 0.407. The predicted octanol–water partition coefficient (Wildman–Crippen LogP) is 2.60. The number of aryl methyl sites for hydroxylation is 1. The van der Waals surface area contributed by atoms with Crippen LogP contribution in [0.1, 0.15) is 15.9 Å². The van der Waals surface area contributed by atoms with Crippen molar-refractivity contribution in [2.45, 2.75) is 6.92 Å². The monoisotopic (exact) mass is 239 g/mol. The van der Waals surface area contributed by atoms with Crippen molar-refractivity contribution in [3.63, 3.8) is 0 Å². The smallest absolute Gasteiger partial charge is 0.288 e. The maximum Gasteiger partial charge on any atom is 0.302 e. The van der Waals surface area contributed by atoms with Gasteiger partial charge in [-0.05, 0) is 19.1 Å². The maximum atomic E-state index is 12.0. The maximum absolute atomic E-state index is 12.0. The van der Waals surface area contributed by atoms with Crippen molar-refractivity contribution in [2.24, 2.45) is 0 Å².